The molecule has 11 heteroatoms. The summed E-state index contributed by atoms with van der Waals surface area (Å²) in [7, 11) is 0. The fraction of sp³-hybridized carbons (Fsp3) is 0.375. The SMILES string of the molecule is O=c1[nH]c(=O)n(CCCN2C[C@@H]3C[C@]3(c3ccc(C(F)(F)F)cc3)C2)cc1-c1cc(F)cnc1Cl. The quantitative estimate of drug-likeness (QED) is 0.402. The molecule has 1 saturated carbocycles. The van der Waals surface area contributed by atoms with Crippen LogP contribution in [0.1, 0.15) is 24.0 Å². The first-order chi connectivity index (χ1) is 16.6. The highest BCUT2D eigenvalue weighted by Crippen LogP contribution is 2.59. The number of hydrogen-bond acceptors (Lipinski definition) is 4. The van der Waals surface area contributed by atoms with Crippen LogP contribution in [0.15, 0.2) is 52.3 Å². The second-order valence-electron chi connectivity index (χ2n) is 9.21. The van der Waals surface area contributed by atoms with Crippen molar-refractivity contribution in [2.75, 3.05) is 19.6 Å². The van der Waals surface area contributed by atoms with Crippen LogP contribution in [0.2, 0.25) is 5.15 Å². The van der Waals surface area contributed by atoms with Crippen molar-refractivity contribution in [2.24, 2.45) is 5.92 Å². The molecule has 3 aromatic rings. The third kappa shape index (κ3) is 4.52. The number of benzene rings is 1. The Morgan fingerprint density at radius 2 is 1.89 bits per heavy atom. The summed E-state index contributed by atoms with van der Waals surface area (Å²) >= 11 is 6.02. The van der Waals surface area contributed by atoms with E-state index in [1.807, 2.05) is 0 Å². The van der Waals surface area contributed by atoms with Crippen LogP contribution in [0.3, 0.4) is 0 Å². The molecule has 5 rings (SSSR count). The van der Waals surface area contributed by atoms with Gasteiger partial charge in [-0.2, -0.15) is 13.2 Å². The highest BCUT2D eigenvalue weighted by atomic mass is 35.5. The lowest BCUT2D eigenvalue weighted by atomic mass is 9.94. The second-order valence-corrected chi connectivity index (χ2v) is 9.57. The van der Waals surface area contributed by atoms with E-state index in [0.717, 1.165) is 49.5 Å². The molecule has 1 saturated heterocycles. The van der Waals surface area contributed by atoms with E-state index >= 15 is 0 Å². The Morgan fingerprint density at radius 1 is 1.14 bits per heavy atom. The molecule has 1 aliphatic heterocycles. The minimum atomic E-state index is -4.35. The molecule has 1 aromatic carbocycles. The summed E-state index contributed by atoms with van der Waals surface area (Å²) in [4.78, 5) is 32.8. The molecule has 2 atom stereocenters. The van der Waals surface area contributed by atoms with Crippen molar-refractivity contribution in [1.29, 1.82) is 0 Å². The Hall–Kier alpha value is -2.98. The van der Waals surface area contributed by atoms with E-state index in [1.165, 1.54) is 10.8 Å². The number of rotatable bonds is 6. The second kappa shape index (κ2) is 8.60. The molecule has 2 aliphatic rings. The van der Waals surface area contributed by atoms with Crippen LogP contribution in [0, 0.1) is 11.7 Å². The first-order valence-corrected chi connectivity index (χ1v) is 11.5. The van der Waals surface area contributed by atoms with E-state index < -0.39 is 28.8 Å². The maximum Gasteiger partial charge on any atom is 0.416 e. The molecule has 0 amide bonds. The van der Waals surface area contributed by atoms with Crippen molar-refractivity contribution in [2.45, 2.75) is 31.0 Å². The van der Waals surface area contributed by atoms with Gasteiger partial charge in [0.2, 0.25) is 0 Å². The summed E-state index contributed by atoms with van der Waals surface area (Å²) in [6, 6.07) is 6.54. The van der Waals surface area contributed by atoms with E-state index in [2.05, 4.69) is 14.9 Å². The van der Waals surface area contributed by atoms with Crippen LogP contribution in [0.25, 0.3) is 11.1 Å². The van der Waals surface area contributed by atoms with Gasteiger partial charge in [-0.05, 0) is 49.1 Å². The molecule has 184 valence electrons. The minimum absolute atomic E-state index is 0.0465. The normalized spacial score (nSPS) is 21.8. The molecule has 0 unspecified atom stereocenters. The summed E-state index contributed by atoms with van der Waals surface area (Å²) in [6.07, 6.45) is -0.490. The van der Waals surface area contributed by atoms with Gasteiger partial charge in [0, 0.05) is 36.8 Å². The number of aryl methyl sites for hydroxylation is 1. The lowest BCUT2D eigenvalue weighted by Crippen LogP contribution is -2.32. The number of pyridine rings is 1. The van der Waals surface area contributed by atoms with Crippen LogP contribution in [0.4, 0.5) is 17.6 Å². The van der Waals surface area contributed by atoms with E-state index in [4.69, 9.17) is 11.6 Å². The topological polar surface area (TPSA) is 71.0 Å². The fourth-order valence-electron chi connectivity index (χ4n) is 5.14. The number of nitrogens with zero attached hydrogens (tertiary/aromatic N) is 3. The Balaban J connectivity index is 1.24. The van der Waals surface area contributed by atoms with Gasteiger partial charge in [0.15, 0.2) is 0 Å². The van der Waals surface area contributed by atoms with E-state index in [1.54, 1.807) is 12.1 Å². The number of aromatic nitrogens is 3. The van der Waals surface area contributed by atoms with Crippen molar-refractivity contribution in [1.82, 2.24) is 19.4 Å². The van der Waals surface area contributed by atoms with Crippen molar-refractivity contribution in [3.05, 3.63) is 85.7 Å². The van der Waals surface area contributed by atoms with Crippen LogP contribution < -0.4 is 11.2 Å². The number of nitrogens with one attached hydrogen (secondary N) is 1. The number of aromatic amines is 1. The Bertz CT molecular complexity index is 1390. The lowest BCUT2D eigenvalue weighted by molar-refractivity contribution is -0.137. The average Bonchev–Trinajstić information content (AvgIpc) is 3.38. The number of alkyl halides is 3. The third-order valence-electron chi connectivity index (χ3n) is 6.98. The van der Waals surface area contributed by atoms with Crippen LogP contribution >= 0.6 is 11.6 Å². The average molecular weight is 509 g/mol. The number of piperidine rings is 1. The Morgan fingerprint density at radius 3 is 2.60 bits per heavy atom. The van der Waals surface area contributed by atoms with Crippen LogP contribution in [-0.4, -0.2) is 39.1 Å². The van der Waals surface area contributed by atoms with Gasteiger partial charge in [-0.15, -0.1) is 0 Å². The zero-order valence-corrected chi connectivity index (χ0v) is 19.2. The Labute approximate surface area is 202 Å². The predicted octanol–water partition coefficient (Wildman–Crippen LogP) is 4.07. The summed E-state index contributed by atoms with van der Waals surface area (Å²) in [6.45, 7) is 2.59. The molecule has 0 spiro atoms. The molecule has 0 bridgehead atoms. The predicted molar refractivity (Wildman–Crippen MR) is 122 cm³/mol. The molecule has 1 aliphatic carbocycles. The highest BCUT2D eigenvalue weighted by molar-refractivity contribution is 6.32. The first-order valence-electron chi connectivity index (χ1n) is 11.1. The lowest BCUT2D eigenvalue weighted by Gasteiger charge is -2.21. The van der Waals surface area contributed by atoms with E-state index in [-0.39, 0.29) is 21.7 Å². The molecular formula is C24H21ClF4N4O2. The van der Waals surface area contributed by atoms with Gasteiger partial charge in [-0.1, -0.05) is 23.7 Å². The molecule has 35 heavy (non-hydrogen) atoms. The number of halogens is 5. The smallest absolute Gasteiger partial charge is 0.302 e. The fourth-order valence-corrected chi connectivity index (χ4v) is 5.34. The van der Waals surface area contributed by atoms with E-state index in [0.29, 0.717) is 25.4 Å². The molecule has 1 N–H and O–H groups in total. The van der Waals surface area contributed by atoms with Gasteiger partial charge in [0.1, 0.15) is 11.0 Å². The summed E-state index contributed by atoms with van der Waals surface area (Å²) in [5.41, 5.74) is -0.938. The molecule has 3 heterocycles. The molecule has 6 nitrogen and oxygen atoms in total. The molecule has 2 aromatic heterocycles. The van der Waals surface area contributed by atoms with Crippen LogP contribution in [-0.2, 0) is 18.1 Å². The molecular weight excluding hydrogens is 488 g/mol. The van der Waals surface area contributed by atoms with Crippen molar-refractivity contribution < 1.29 is 17.6 Å². The Kier molecular flexibility index (Phi) is 5.83. The number of fused-ring (bicyclic) bond motifs is 1. The van der Waals surface area contributed by atoms with Gasteiger partial charge in [-0.3, -0.25) is 14.3 Å². The zero-order valence-electron chi connectivity index (χ0n) is 18.4. The van der Waals surface area contributed by atoms with Gasteiger partial charge in [0.25, 0.3) is 5.56 Å². The van der Waals surface area contributed by atoms with Gasteiger partial charge < -0.3 is 4.90 Å². The maximum atomic E-state index is 13.6. The van der Waals surface area contributed by atoms with Gasteiger partial charge in [0.05, 0.1) is 17.3 Å². The summed E-state index contributed by atoms with van der Waals surface area (Å²) in [5, 5.41) is -0.0491. The summed E-state index contributed by atoms with van der Waals surface area (Å²) < 4.78 is 53.6. The van der Waals surface area contributed by atoms with Gasteiger partial charge >= 0.3 is 11.9 Å². The van der Waals surface area contributed by atoms with Crippen molar-refractivity contribution in [3.8, 4) is 11.1 Å². The zero-order chi connectivity index (χ0) is 25.0. The monoisotopic (exact) mass is 508 g/mol. The van der Waals surface area contributed by atoms with Crippen molar-refractivity contribution in [3.63, 3.8) is 0 Å². The largest absolute Gasteiger partial charge is 0.416 e. The highest BCUT2D eigenvalue weighted by Gasteiger charge is 2.60. The molecule has 2 fully saturated rings. The summed E-state index contributed by atoms with van der Waals surface area (Å²) in [5.74, 6) is -0.250. The van der Waals surface area contributed by atoms with Crippen molar-refractivity contribution >= 4 is 11.6 Å². The minimum Gasteiger partial charge on any atom is -0.302 e. The number of H-pyrrole nitrogens is 1. The maximum absolute atomic E-state index is 13.6. The first kappa shape index (κ1) is 23.7. The van der Waals surface area contributed by atoms with E-state index in [9.17, 15) is 27.2 Å². The molecule has 0 radical (unpaired) electrons. The number of likely N-dealkylation sites (tertiary alicyclic amines) is 1. The standard InChI is InChI=1S/C24H21ClF4N4O2/c25-20-18(8-17(26)10-30-20)19-12-33(22(35)31-21(19)34)7-1-6-32-11-16-9-23(16,13-32)14-2-4-15(5-3-14)24(27,28)29/h2-5,8,10,12,16H,1,6-7,9,11,13H2,(H,31,34,35)/t16-,23+/m0/s1. The number of hydrogen-bond donors (Lipinski definition) is 1. The third-order valence-corrected chi connectivity index (χ3v) is 7.28. The van der Waals surface area contributed by atoms with Crippen LogP contribution in [0.5, 0.6) is 0 Å². The van der Waals surface area contributed by atoms with Gasteiger partial charge in [-0.25, -0.2) is 14.2 Å².